The van der Waals surface area contributed by atoms with Crippen molar-refractivity contribution in [3.8, 4) is 5.75 Å². The van der Waals surface area contributed by atoms with Crippen LogP contribution in [0.4, 0.5) is 0 Å². The van der Waals surface area contributed by atoms with Crippen molar-refractivity contribution in [3.05, 3.63) is 35.8 Å². The summed E-state index contributed by atoms with van der Waals surface area (Å²) >= 11 is 0. The fraction of sp³-hybridized carbons (Fsp3) is 0.429. The van der Waals surface area contributed by atoms with Crippen LogP contribution in [-0.2, 0) is 9.31 Å². The first-order valence-corrected chi connectivity index (χ1v) is 6.40. The van der Waals surface area contributed by atoms with Crippen LogP contribution in [0.15, 0.2) is 30.2 Å². The van der Waals surface area contributed by atoms with Crippen molar-refractivity contribution in [2.24, 2.45) is 0 Å². The van der Waals surface area contributed by atoms with Crippen LogP contribution in [0, 0.1) is 0 Å². The predicted octanol–water partition coefficient (Wildman–Crippen LogP) is 3.14. The molecular weight excluding hydrogens is 227 g/mol. The maximum atomic E-state index is 5.87. The summed E-state index contributed by atoms with van der Waals surface area (Å²) in [4.78, 5) is 0. The van der Waals surface area contributed by atoms with E-state index in [2.05, 4.69) is 0 Å². The lowest BCUT2D eigenvalue weighted by Gasteiger charge is -2.26. The molecule has 0 N–H and O–H groups in total. The molecule has 4 heteroatoms. The van der Waals surface area contributed by atoms with Crippen LogP contribution in [0.2, 0.25) is 6.82 Å². The van der Waals surface area contributed by atoms with E-state index < -0.39 is 6.55 Å². The van der Waals surface area contributed by atoms with Gasteiger partial charge < -0.3 is 14.0 Å². The molecule has 98 valence electrons. The Kier molecular flexibility index (Phi) is 3.78. The molecule has 2 unspecified atom stereocenters. The Morgan fingerprint density at radius 1 is 1.17 bits per heavy atom. The van der Waals surface area contributed by atoms with Crippen LogP contribution < -0.4 is 4.74 Å². The summed E-state index contributed by atoms with van der Waals surface area (Å²) in [7, 11) is 1.67. The molecule has 0 radical (unpaired) electrons. The summed E-state index contributed by atoms with van der Waals surface area (Å²) in [6, 6.07) is 7.89. The molecule has 1 aliphatic rings. The van der Waals surface area contributed by atoms with Crippen molar-refractivity contribution in [3.63, 3.8) is 0 Å². The van der Waals surface area contributed by atoms with Crippen LogP contribution in [0.5, 0.6) is 5.75 Å². The lowest BCUT2D eigenvalue weighted by molar-refractivity contribution is 0.187. The number of benzene rings is 1. The first kappa shape index (κ1) is 13.2. The molecule has 2 rings (SSSR count). The van der Waals surface area contributed by atoms with Crippen LogP contribution in [-0.4, -0.2) is 25.9 Å². The summed E-state index contributed by atoms with van der Waals surface area (Å²) in [5, 5.41) is 0. The average molecular weight is 247 g/mol. The molecule has 1 aromatic rings. The number of para-hydroxylation sites is 1. The van der Waals surface area contributed by atoms with Gasteiger partial charge in [0.05, 0.1) is 7.11 Å². The van der Waals surface area contributed by atoms with Crippen molar-refractivity contribution >= 4 is 12.6 Å². The van der Waals surface area contributed by atoms with Gasteiger partial charge in [0.25, 0.3) is 6.55 Å². The number of methoxy groups -OCH3 is 1. The molecule has 0 saturated carbocycles. The van der Waals surface area contributed by atoms with Crippen molar-refractivity contribution in [1.29, 1.82) is 0 Å². The van der Waals surface area contributed by atoms with E-state index in [0.717, 1.165) is 11.3 Å². The largest absolute Gasteiger partial charge is 0.561 e. The molecule has 1 aromatic carbocycles. The first-order valence-electron chi connectivity index (χ1n) is 6.40. The summed E-state index contributed by atoms with van der Waals surface area (Å²) in [5.74, 6) is 2.85. The molecule has 1 aliphatic heterocycles. The fourth-order valence-corrected chi connectivity index (χ4v) is 2.28. The van der Waals surface area contributed by atoms with Crippen molar-refractivity contribution in [2.75, 3.05) is 7.11 Å². The molecule has 1 fully saturated rings. The Balaban J connectivity index is 2.16. The van der Waals surface area contributed by atoms with Gasteiger partial charge in [0.15, 0.2) is 0 Å². The Morgan fingerprint density at radius 3 is 2.39 bits per heavy atom. The minimum atomic E-state index is -1.33. The topological polar surface area (TPSA) is 27.7 Å². The zero-order valence-corrected chi connectivity index (χ0v) is 11.4. The minimum Gasteiger partial charge on any atom is -0.561 e. The van der Waals surface area contributed by atoms with Crippen molar-refractivity contribution in [2.45, 2.75) is 32.9 Å². The lowest BCUT2D eigenvalue weighted by Crippen LogP contribution is -2.30. The molecule has 0 amide bonds. The lowest BCUT2D eigenvalue weighted by atomic mass is 9.60. The zero-order valence-electron chi connectivity index (χ0n) is 11.4. The third-order valence-corrected chi connectivity index (χ3v) is 3.40. The summed E-state index contributed by atoms with van der Waals surface area (Å²) in [6.45, 7) is 4.73. The molecule has 0 aliphatic carbocycles. The summed E-state index contributed by atoms with van der Waals surface area (Å²) in [6.07, 6.45) is 2.28. The Labute approximate surface area is 109 Å². The van der Waals surface area contributed by atoms with Gasteiger partial charge >= 0.3 is 0 Å². The van der Waals surface area contributed by atoms with Gasteiger partial charge in [-0.05, 0) is 19.9 Å². The number of hydrogen-bond acceptors (Lipinski definition) is 3. The fourth-order valence-electron chi connectivity index (χ4n) is 2.28. The second-order valence-electron chi connectivity index (χ2n) is 4.96. The molecule has 0 spiro atoms. The molecule has 18 heavy (non-hydrogen) atoms. The Morgan fingerprint density at radius 2 is 1.78 bits per heavy atom. The van der Waals surface area contributed by atoms with Gasteiger partial charge in [0.2, 0.25) is 0 Å². The standard InChI is InChI=1S/C14H20BO3/c1-11-12(2)18-15(3,17-11)10-9-13-7-5-6-8-14(13)16-4/h5-12H,1-4H3/q-1/b10-9+. The van der Waals surface area contributed by atoms with Gasteiger partial charge in [-0.15, -0.1) is 6.82 Å². The quantitative estimate of drug-likeness (QED) is 0.768. The van der Waals surface area contributed by atoms with Gasteiger partial charge in [0.1, 0.15) is 5.75 Å². The van der Waals surface area contributed by atoms with E-state index >= 15 is 0 Å². The SMILES string of the molecule is COc1ccccc1/C=C/[B-]1(C)OC(C)C(C)O1. The summed E-state index contributed by atoms with van der Waals surface area (Å²) < 4.78 is 17.0. The van der Waals surface area contributed by atoms with E-state index in [1.54, 1.807) is 7.11 Å². The van der Waals surface area contributed by atoms with Crippen LogP contribution in [0.25, 0.3) is 6.08 Å². The average Bonchev–Trinajstić information content (AvgIpc) is 2.61. The molecule has 2 atom stereocenters. The van der Waals surface area contributed by atoms with E-state index in [9.17, 15) is 0 Å². The highest BCUT2D eigenvalue weighted by Gasteiger charge is 2.31. The number of ether oxygens (including phenoxy) is 1. The van der Waals surface area contributed by atoms with Gasteiger partial charge in [0, 0.05) is 17.8 Å². The monoisotopic (exact) mass is 247 g/mol. The summed E-state index contributed by atoms with van der Waals surface area (Å²) in [5.41, 5.74) is 1.03. The van der Waals surface area contributed by atoms with E-state index in [1.165, 1.54) is 0 Å². The predicted molar refractivity (Wildman–Crippen MR) is 74.7 cm³/mol. The van der Waals surface area contributed by atoms with E-state index in [-0.39, 0.29) is 12.2 Å². The van der Waals surface area contributed by atoms with Crippen molar-refractivity contribution in [1.82, 2.24) is 0 Å². The third kappa shape index (κ3) is 2.76. The van der Waals surface area contributed by atoms with Gasteiger partial charge in [-0.1, -0.05) is 24.3 Å². The Hall–Kier alpha value is -1.26. The molecule has 3 nitrogen and oxygen atoms in total. The molecule has 1 heterocycles. The van der Waals surface area contributed by atoms with Crippen LogP contribution in [0.1, 0.15) is 19.4 Å². The number of rotatable bonds is 3. The van der Waals surface area contributed by atoms with E-state index in [1.807, 2.05) is 57.0 Å². The van der Waals surface area contributed by atoms with Crippen molar-refractivity contribution < 1.29 is 14.0 Å². The first-order chi connectivity index (χ1) is 8.54. The van der Waals surface area contributed by atoms with E-state index in [0.29, 0.717) is 0 Å². The highest BCUT2D eigenvalue weighted by atomic mass is 16.7. The normalized spacial score (nSPS) is 32.0. The second-order valence-corrected chi connectivity index (χ2v) is 4.96. The van der Waals surface area contributed by atoms with Gasteiger partial charge in [-0.2, -0.15) is 5.98 Å². The van der Waals surface area contributed by atoms with Gasteiger partial charge in [-0.3, -0.25) is 0 Å². The molecule has 1 saturated heterocycles. The third-order valence-electron chi connectivity index (χ3n) is 3.40. The molecule has 0 bridgehead atoms. The van der Waals surface area contributed by atoms with E-state index in [4.69, 9.17) is 14.0 Å². The maximum Gasteiger partial charge on any atom is 0.260 e. The van der Waals surface area contributed by atoms with Crippen LogP contribution >= 0.6 is 0 Å². The minimum absolute atomic E-state index is 0.136. The Bertz CT molecular complexity index is 434. The number of hydrogen-bond donors (Lipinski definition) is 0. The van der Waals surface area contributed by atoms with Gasteiger partial charge in [-0.25, -0.2) is 0 Å². The smallest absolute Gasteiger partial charge is 0.260 e. The second kappa shape index (κ2) is 5.16. The van der Waals surface area contributed by atoms with Crippen LogP contribution in [0.3, 0.4) is 0 Å². The maximum absolute atomic E-state index is 5.87. The highest BCUT2D eigenvalue weighted by Crippen LogP contribution is 2.27. The highest BCUT2D eigenvalue weighted by molar-refractivity contribution is 6.72. The molecular formula is C14H20BO3-. The zero-order chi connectivity index (χ0) is 13.2. The molecule has 0 aromatic heterocycles.